The minimum atomic E-state index is -2.82. The lowest BCUT2D eigenvalue weighted by Gasteiger charge is -2.18. The number of rotatable bonds is 6. The molecule has 1 heterocycles. The number of nitrogens with zero attached hydrogens (tertiary/aromatic N) is 2. The second kappa shape index (κ2) is 6.64. The predicted octanol–water partition coefficient (Wildman–Crippen LogP) is 3.48. The van der Waals surface area contributed by atoms with E-state index in [2.05, 4.69) is 15.3 Å². The van der Waals surface area contributed by atoms with Gasteiger partial charge in [0.15, 0.2) is 5.82 Å². The standard InChI is InChI=1S/C15H17F2N3O2/c1-8(2)7-11(15(21)22)19-13-9-5-3-4-6-10(9)18-14(20-13)12(16)17/h3-6,8,11-12H,7H2,1-2H3,(H,21,22)(H,18,19,20). The summed E-state index contributed by atoms with van der Waals surface area (Å²) < 4.78 is 25.8. The minimum absolute atomic E-state index is 0.119. The molecule has 0 bridgehead atoms. The summed E-state index contributed by atoms with van der Waals surface area (Å²) >= 11 is 0. The molecule has 1 atom stereocenters. The van der Waals surface area contributed by atoms with Crippen LogP contribution in [0.3, 0.4) is 0 Å². The molecular formula is C15H17F2N3O2. The summed E-state index contributed by atoms with van der Waals surface area (Å²) in [6.45, 7) is 3.78. The molecule has 7 heteroatoms. The first kappa shape index (κ1) is 16.1. The molecule has 0 aliphatic heterocycles. The summed E-state index contributed by atoms with van der Waals surface area (Å²) in [6, 6.07) is 5.76. The van der Waals surface area contributed by atoms with E-state index in [9.17, 15) is 18.7 Å². The number of fused-ring (bicyclic) bond motifs is 1. The van der Waals surface area contributed by atoms with Crippen molar-refractivity contribution in [3.05, 3.63) is 30.1 Å². The normalized spacial score (nSPS) is 12.8. The van der Waals surface area contributed by atoms with Gasteiger partial charge in [-0.1, -0.05) is 26.0 Å². The highest BCUT2D eigenvalue weighted by atomic mass is 19.3. The number of alkyl halides is 2. The third kappa shape index (κ3) is 3.66. The molecule has 0 saturated carbocycles. The van der Waals surface area contributed by atoms with E-state index in [1.807, 2.05) is 13.8 Å². The molecule has 0 spiro atoms. The van der Waals surface area contributed by atoms with Gasteiger partial charge in [0, 0.05) is 5.39 Å². The van der Waals surface area contributed by atoms with E-state index in [0.717, 1.165) is 0 Å². The molecule has 0 saturated heterocycles. The third-order valence-corrected chi connectivity index (χ3v) is 3.13. The number of anilines is 1. The molecule has 5 nitrogen and oxygen atoms in total. The number of hydrogen-bond acceptors (Lipinski definition) is 4. The number of aliphatic carboxylic acids is 1. The Morgan fingerprint density at radius 2 is 1.95 bits per heavy atom. The lowest BCUT2D eigenvalue weighted by Crippen LogP contribution is -2.31. The van der Waals surface area contributed by atoms with Crippen molar-refractivity contribution in [3.8, 4) is 0 Å². The number of halogens is 2. The summed E-state index contributed by atoms with van der Waals surface area (Å²) in [5.74, 6) is -1.41. The van der Waals surface area contributed by atoms with Crippen molar-refractivity contribution < 1.29 is 18.7 Å². The molecular weight excluding hydrogens is 292 g/mol. The fourth-order valence-electron chi connectivity index (χ4n) is 2.16. The van der Waals surface area contributed by atoms with Crippen LogP contribution in [0, 0.1) is 5.92 Å². The average molecular weight is 309 g/mol. The van der Waals surface area contributed by atoms with E-state index in [0.29, 0.717) is 17.3 Å². The molecule has 22 heavy (non-hydrogen) atoms. The number of aromatic nitrogens is 2. The van der Waals surface area contributed by atoms with Crippen LogP contribution in [0.15, 0.2) is 24.3 Å². The van der Waals surface area contributed by atoms with Crippen LogP contribution in [0.2, 0.25) is 0 Å². The van der Waals surface area contributed by atoms with Gasteiger partial charge in [0.25, 0.3) is 6.43 Å². The number of nitrogens with one attached hydrogen (secondary N) is 1. The van der Waals surface area contributed by atoms with Crippen molar-refractivity contribution in [2.24, 2.45) is 5.92 Å². The van der Waals surface area contributed by atoms with Gasteiger partial charge in [-0.05, 0) is 24.5 Å². The van der Waals surface area contributed by atoms with Crippen molar-refractivity contribution in [2.45, 2.75) is 32.7 Å². The molecule has 2 N–H and O–H groups in total. The zero-order valence-electron chi connectivity index (χ0n) is 12.3. The van der Waals surface area contributed by atoms with Gasteiger partial charge in [-0.15, -0.1) is 0 Å². The van der Waals surface area contributed by atoms with Gasteiger partial charge in [-0.3, -0.25) is 0 Å². The molecule has 0 aliphatic rings. The quantitative estimate of drug-likeness (QED) is 0.854. The Labute approximate surface area is 126 Å². The van der Waals surface area contributed by atoms with Crippen LogP contribution in [-0.2, 0) is 4.79 Å². The molecule has 0 aliphatic carbocycles. The number of carboxylic acid groups (broad SMARTS) is 1. The summed E-state index contributed by atoms with van der Waals surface area (Å²) in [5.41, 5.74) is 0.351. The van der Waals surface area contributed by atoms with Crippen molar-refractivity contribution in [2.75, 3.05) is 5.32 Å². The fraction of sp³-hybridized carbons (Fsp3) is 0.400. The van der Waals surface area contributed by atoms with Crippen molar-refractivity contribution in [3.63, 3.8) is 0 Å². The molecule has 1 aromatic heterocycles. The summed E-state index contributed by atoms with van der Waals surface area (Å²) in [7, 11) is 0. The van der Waals surface area contributed by atoms with Gasteiger partial charge in [-0.25, -0.2) is 23.5 Å². The lowest BCUT2D eigenvalue weighted by molar-refractivity contribution is -0.138. The van der Waals surface area contributed by atoms with Crippen LogP contribution in [-0.4, -0.2) is 27.1 Å². The molecule has 118 valence electrons. The highest BCUT2D eigenvalue weighted by Crippen LogP contribution is 2.25. The minimum Gasteiger partial charge on any atom is -0.480 e. The zero-order valence-corrected chi connectivity index (χ0v) is 12.3. The van der Waals surface area contributed by atoms with Crippen LogP contribution in [0.1, 0.15) is 32.5 Å². The smallest absolute Gasteiger partial charge is 0.326 e. The molecule has 0 amide bonds. The maximum absolute atomic E-state index is 12.9. The summed E-state index contributed by atoms with van der Waals surface area (Å²) in [4.78, 5) is 18.9. The lowest BCUT2D eigenvalue weighted by atomic mass is 10.0. The first-order valence-corrected chi connectivity index (χ1v) is 6.92. The molecule has 2 aromatic rings. The van der Waals surface area contributed by atoms with Gasteiger partial charge in [0.2, 0.25) is 0 Å². The maximum atomic E-state index is 12.9. The Morgan fingerprint density at radius 1 is 1.27 bits per heavy atom. The van der Waals surface area contributed by atoms with Crippen LogP contribution in [0.5, 0.6) is 0 Å². The van der Waals surface area contributed by atoms with Crippen molar-refractivity contribution >= 4 is 22.7 Å². The highest BCUT2D eigenvalue weighted by Gasteiger charge is 2.22. The summed E-state index contributed by atoms with van der Waals surface area (Å²) in [6.07, 6.45) is -2.46. The van der Waals surface area contributed by atoms with Gasteiger partial charge < -0.3 is 10.4 Å². The molecule has 0 fully saturated rings. The van der Waals surface area contributed by atoms with E-state index in [4.69, 9.17) is 0 Å². The largest absolute Gasteiger partial charge is 0.480 e. The fourth-order valence-corrected chi connectivity index (χ4v) is 2.16. The Morgan fingerprint density at radius 3 is 2.55 bits per heavy atom. The van der Waals surface area contributed by atoms with Gasteiger partial charge >= 0.3 is 5.97 Å². The predicted molar refractivity (Wildman–Crippen MR) is 79.0 cm³/mol. The second-order valence-corrected chi connectivity index (χ2v) is 5.41. The van der Waals surface area contributed by atoms with Gasteiger partial charge in [0.05, 0.1) is 5.52 Å². The number of benzene rings is 1. The summed E-state index contributed by atoms with van der Waals surface area (Å²) in [5, 5.41) is 12.6. The number of carbonyl (C=O) groups is 1. The molecule has 0 radical (unpaired) electrons. The Balaban J connectivity index is 2.45. The number of para-hydroxylation sites is 1. The Kier molecular flexibility index (Phi) is 4.85. The van der Waals surface area contributed by atoms with E-state index in [-0.39, 0.29) is 11.7 Å². The number of carboxylic acids is 1. The van der Waals surface area contributed by atoms with Crippen LogP contribution < -0.4 is 5.32 Å². The molecule has 2 rings (SSSR count). The van der Waals surface area contributed by atoms with E-state index < -0.39 is 24.3 Å². The zero-order chi connectivity index (χ0) is 16.3. The second-order valence-electron chi connectivity index (χ2n) is 5.41. The van der Waals surface area contributed by atoms with E-state index in [1.54, 1.807) is 24.3 Å². The Bertz CT molecular complexity index is 677. The van der Waals surface area contributed by atoms with Crippen LogP contribution in [0.25, 0.3) is 10.9 Å². The Hall–Kier alpha value is -2.31. The molecule has 1 aromatic carbocycles. The third-order valence-electron chi connectivity index (χ3n) is 3.13. The SMILES string of the molecule is CC(C)CC(Nc1nc(C(F)F)nc2ccccc12)C(=O)O. The molecule has 1 unspecified atom stereocenters. The van der Waals surface area contributed by atoms with E-state index in [1.165, 1.54) is 0 Å². The van der Waals surface area contributed by atoms with Crippen LogP contribution in [0.4, 0.5) is 14.6 Å². The monoisotopic (exact) mass is 309 g/mol. The first-order chi connectivity index (χ1) is 10.4. The topological polar surface area (TPSA) is 75.1 Å². The van der Waals surface area contributed by atoms with Crippen molar-refractivity contribution in [1.29, 1.82) is 0 Å². The maximum Gasteiger partial charge on any atom is 0.326 e. The average Bonchev–Trinajstić information content (AvgIpc) is 2.45. The van der Waals surface area contributed by atoms with Crippen LogP contribution >= 0.6 is 0 Å². The van der Waals surface area contributed by atoms with E-state index >= 15 is 0 Å². The van der Waals surface area contributed by atoms with Gasteiger partial charge in [-0.2, -0.15) is 0 Å². The first-order valence-electron chi connectivity index (χ1n) is 6.92. The highest BCUT2D eigenvalue weighted by molar-refractivity contribution is 5.90. The van der Waals surface area contributed by atoms with Crippen molar-refractivity contribution in [1.82, 2.24) is 9.97 Å². The van der Waals surface area contributed by atoms with Gasteiger partial charge in [0.1, 0.15) is 11.9 Å². The number of hydrogen-bond donors (Lipinski definition) is 2.